The molecule has 284 valence electrons. The van der Waals surface area contributed by atoms with E-state index >= 15 is 0 Å². The third-order valence-corrected chi connectivity index (χ3v) is 8.27. The molecule has 0 aromatic heterocycles. The quantitative estimate of drug-likeness (QED) is 0.0309. The van der Waals surface area contributed by atoms with Gasteiger partial charge in [0, 0.05) is 26.5 Å². The van der Waals surface area contributed by atoms with Crippen LogP contribution in [0.3, 0.4) is 0 Å². The van der Waals surface area contributed by atoms with Crippen LogP contribution in [-0.2, 0) is 43.6 Å². The maximum Gasteiger partial charge on any atom is 0.379 e. The summed E-state index contributed by atoms with van der Waals surface area (Å²) in [6, 6.07) is 29.9. The molecule has 0 spiro atoms. The maximum atomic E-state index is 11.5. The van der Waals surface area contributed by atoms with Gasteiger partial charge >= 0.3 is 17.9 Å². The van der Waals surface area contributed by atoms with Gasteiger partial charge in [0.2, 0.25) is 0 Å². The Bertz CT molecular complexity index is 1820. The zero-order valence-electron chi connectivity index (χ0n) is 30.3. The lowest BCUT2D eigenvalue weighted by Crippen LogP contribution is -2.19. The summed E-state index contributed by atoms with van der Waals surface area (Å²) in [7, 11) is 6.59. The number of rotatable bonds is 9. The number of Topliss-reactive ketones (excluding diaryl/α,β-unsaturated/α-hetero) is 1. The van der Waals surface area contributed by atoms with Gasteiger partial charge in [0.1, 0.15) is 14.2 Å². The SMILES string of the molecule is C.CO/N=C(/C(=O)OC)c1ccccc1C.CO/N=C(/C(=O)OC)c1ccccc1CBr.COC(=O)C(=O)c1ccccc1C.Cc1ccccc1Br. The van der Waals surface area contributed by atoms with Gasteiger partial charge < -0.3 is 23.9 Å². The van der Waals surface area contributed by atoms with Crippen LogP contribution in [0.1, 0.15) is 51.2 Å². The summed E-state index contributed by atoms with van der Waals surface area (Å²) in [4.78, 5) is 54.4. The van der Waals surface area contributed by atoms with Gasteiger partial charge in [0.25, 0.3) is 5.78 Å². The van der Waals surface area contributed by atoms with Gasteiger partial charge in [-0.25, -0.2) is 14.4 Å². The van der Waals surface area contributed by atoms with Crippen molar-refractivity contribution in [3.63, 3.8) is 0 Å². The molecule has 0 saturated heterocycles. The third kappa shape index (κ3) is 16.0. The molecule has 11 nitrogen and oxygen atoms in total. The number of halogens is 2. The van der Waals surface area contributed by atoms with E-state index in [2.05, 4.69) is 79.0 Å². The highest BCUT2D eigenvalue weighted by Crippen LogP contribution is 2.15. The second-order valence-corrected chi connectivity index (χ2v) is 11.6. The first-order valence-electron chi connectivity index (χ1n) is 15.4. The monoisotopic (exact) mass is 856 g/mol. The van der Waals surface area contributed by atoms with E-state index in [1.54, 1.807) is 37.3 Å². The normalized spacial score (nSPS) is 10.2. The van der Waals surface area contributed by atoms with Crippen molar-refractivity contribution in [2.45, 2.75) is 33.5 Å². The summed E-state index contributed by atoms with van der Waals surface area (Å²) in [6.07, 6.45) is 0. The molecule has 0 aliphatic rings. The minimum Gasteiger partial charge on any atom is -0.464 e. The van der Waals surface area contributed by atoms with Gasteiger partial charge in [-0.05, 0) is 49.1 Å². The molecule has 0 aliphatic heterocycles. The number of ketones is 1. The molecule has 0 heterocycles. The summed E-state index contributed by atoms with van der Waals surface area (Å²) in [5, 5.41) is 7.99. The Balaban J connectivity index is 0.000000692. The van der Waals surface area contributed by atoms with Gasteiger partial charge in [-0.3, -0.25) is 4.79 Å². The predicted octanol–water partition coefficient (Wildman–Crippen LogP) is 8.37. The minimum atomic E-state index is -0.825. The van der Waals surface area contributed by atoms with Crippen LogP contribution in [-0.4, -0.2) is 70.7 Å². The minimum absolute atomic E-state index is 0. The summed E-state index contributed by atoms with van der Waals surface area (Å²) in [5.41, 5.74) is 6.11. The predicted molar refractivity (Wildman–Crippen MR) is 215 cm³/mol. The molecule has 0 fully saturated rings. The van der Waals surface area contributed by atoms with E-state index < -0.39 is 23.7 Å². The second kappa shape index (κ2) is 26.6. The topological polar surface area (TPSA) is 139 Å². The highest BCUT2D eigenvalue weighted by Gasteiger charge is 2.19. The zero-order valence-corrected chi connectivity index (χ0v) is 33.4. The van der Waals surface area contributed by atoms with Crippen molar-refractivity contribution in [3.05, 3.63) is 140 Å². The van der Waals surface area contributed by atoms with Gasteiger partial charge in [0.05, 0.1) is 21.3 Å². The molecule has 0 atom stereocenters. The first kappa shape index (κ1) is 47.9. The fourth-order valence-electron chi connectivity index (χ4n) is 4.06. The number of aryl methyl sites for hydroxylation is 3. The Labute approximate surface area is 328 Å². The van der Waals surface area contributed by atoms with Crippen molar-refractivity contribution in [2.75, 3.05) is 35.5 Å². The van der Waals surface area contributed by atoms with E-state index in [-0.39, 0.29) is 18.9 Å². The average molecular weight is 859 g/mol. The largest absolute Gasteiger partial charge is 0.464 e. The van der Waals surface area contributed by atoms with Gasteiger partial charge in [-0.2, -0.15) is 0 Å². The standard InChI is InChI=1S/C11H12BrNO3.C11H13NO3.C10H10O3.C7H7Br.CH4/c1-15-11(14)10(13-16-2)9-6-4-3-5-8(9)7-12;1-8-6-4-5-7-9(8)10(12-15-3)11(13)14-2;1-7-5-3-4-6-8(7)9(11)10(12)13-2;1-6-4-2-3-5-7(6)8;/h3-6H,7H2,1-2H3;4-7H,1-3H3;3-6H,1-2H3;2-5H,1H3;1H4/b13-10+;12-10+;;;. The van der Waals surface area contributed by atoms with Crippen LogP contribution in [0, 0.1) is 20.8 Å². The number of benzene rings is 4. The molecule has 0 radical (unpaired) electrons. The molecule has 0 N–H and O–H groups in total. The van der Waals surface area contributed by atoms with Crippen LogP contribution in [0.25, 0.3) is 0 Å². The van der Waals surface area contributed by atoms with Crippen molar-refractivity contribution in [3.8, 4) is 0 Å². The van der Waals surface area contributed by atoms with E-state index in [0.717, 1.165) is 16.7 Å². The van der Waals surface area contributed by atoms with Crippen LogP contribution in [0.4, 0.5) is 0 Å². The van der Waals surface area contributed by atoms with Crippen LogP contribution < -0.4 is 0 Å². The molecule has 4 aromatic carbocycles. The Hall–Kier alpha value is -5.14. The second-order valence-electron chi connectivity index (χ2n) is 10.2. The van der Waals surface area contributed by atoms with Crippen LogP contribution in [0.15, 0.2) is 112 Å². The van der Waals surface area contributed by atoms with Crippen LogP contribution >= 0.6 is 31.9 Å². The van der Waals surface area contributed by atoms with E-state index in [9.17, 15) is 19.2 Å². The molecule has 0 aliphatic carbocycles. The first-order chi connectivity index (χ1) is 24.9. The Morgan fingerprint density at radius 3 is 1.28 bits per heavy atom. The number of oxime groups is 2. The van der Waals surface area contributed by atoms with Crippen LogP contribution in [0.2, 0.25) is 0 Å². The molecule has 0 unspecified atom stereocenters. The molecule has 0 bridgehead atoms. The summed E-state index contributed by atoms with van der Waals surface area (Å²) in [6.45, 7) is 5.74. The summed E-state index contributed by atoms with van der Waals surface area (Å²) >= 11 is 6.75. The zero-order chi connectivity index (χ0) is 39.1. The van der Waals surface area contributed by atoms with Crippen molar-refractivity contribution in [1.29, 1.82) is 0 Å². The lowest BCUT2D eigenvalue weighted by atomic mass is 10.0. The van der Waals surface area contributed by atoms with Crippen molar-refractivity contribution in [2.24, 2.45) is 10.3 Å². The Kier molecular flexibility index (Phi) is 24.0. The van der Waals surface area contributed by atoms with E-state index in [0.29, 0.717) is 22.0 Å². The van der Waals surface area contributed by atoms with Crippen LogP contribution in [0.5, 0.6) is 0 Å². The van der Waals surface area contributed by atoms with Gasteiger partial charge in [-0.15, -0.1) is 0 Å². The van der Waals surface area contributed by atoms with Crippen molar-refractivity contribution >= 4 is 67.0 Å². The third-order valence-electron chi connectivity index (χ3n) is 6.78. The van der Waals surface area contributed by atoms with Gasteiger partial charge in [0.15, 0.2) is 11.4 Å². The molecule has 0 saturated carbocycles. The summed E-state index contributed by atoms with van der Waals surface area (Å²) in [5.74, 6) is -2.45. The summed E-state index contributed by atoms with van der Waals surface area (Å²) < 4.78 is 14.8. The average Bonchev–Trinajstić information content (AvgIpc) is 3.17. The molecule has 4 aromatic rings. The van der Waals surface area contributed by atoms with E-state index in [1.165, 1.54) is 45.6 Å². The van der Waals surface area contributed by atoms with E-state index in [4.69, 9.17) is 0 Å². The lowest BCUT2D eigenvalue weighted by Gasteiger charge is -2.07. The Morgan fingerprint density at radius 1 is 0.528 bits per heavy atom. The molecular weight excluding hydrogens is 812 g/mol. The molecule has 0 amide bonds. The van der Waals surface area contributed by atoms with E-state index in [1.807, 2.05) is 67.6 Å². The highest BCUT2D eigenvalue weighted by atomic mass is 79.9. The van der Waals surface area contributed by atoms with Crippen molar-refractivity contribution < 1.29 is 43.1 Å². The fourth-order valence-corrected chi connectivity index (χ4v) is 4.83. The Morgan fingerprint density at radius 2 is 0.906 bits per heavy atom. The number of esters is 3. The number of methoxy groups -OCH3 is 3. The number of carbonyl (C=O) groups excluding carboxylic acids is 4. The maximum absolute atomic E-state index is 11.5. The number of carbonyl (C=O) groups is 4. The number of hydrogen-bond donors (Lipinski definition) is 0. The fraction of sp³-hybridized carbons (Fsp3) is 0.250. The number of ether oxygens (including phenoxy) is 3. The van der Waals surface area contributed by atoms with Crippen molar-refractivity contribution in [1.82, 2.24) is 0 Å². The number of alkyl halides is 1. The lowest BCUT2D eigenvalue weighted by molar-refractivity contribution is -0.135. The molecule has 13 heteroatoms. The van der Waals surface area contributed by atoms with Gasteiger partial charge in [-0.1, -0.05) is 141 Å². The smallest absolute Gasteiger partial charge is 0.379 e. The molecule has 4 rings (SSSR count). The number of hydrogen-bond acceptors (Lipinski definition) is 11. The molecular formula is C40H46Br2N2O9. The highest BCUT2D eigenvalue weighted by molar-refractivity contribution is 9.10. The first-order valence-corrected chi connectivity index (χ1v) is 17.3. The number of nitrogens with zero attached hydrogens (tertiary/aromatic N) is 2. The molecule has 53 heavy (non-hydrogen) atoms.